The number of anilines is 1. The van der Waals surface area contributed by atoms with Crippen molar-refractivity contribution in [3.63, 3.8) is 0 Å². The predicted molar refractivity (Wildman–Crippen MR) is 169 cm³/mol. The Bertz CT molecular complexity index is 1930. The van der Waals surface area contributed by atoms with Crippen LogP contribution in [0.25, 0.3) is 22.0 Å². The SMILES string of the molecule is CCOC(=O)c1cn(C2CC2)c2c(C)c(-c3cnc(N(C(=O)c4ccccc4)C(=O)c4ccccc4)c(C)c3)ccc2c1=O. The number of imide groups is 1. The average Bonchev–Trinajstić information content (AvgIpc) is 3.89. The molecule has 5 aromatic rings. The van der Waals surface area contributed by atoms with Gasteiger partial charge in [0.15, 0.2) is 0 Å². The molecule has 8 heteroatoms. The van der Waals surface area contributed by atoms with E-state index in [1.165, 1.54) is 0 Å². The van der Waals surface area contributed by atoms with Gasteiger partial charge >= 0.3 is 5.97 Å². The summed E-state index contributed by atoms with van der Waals surface area (Å²) in [5, 5.41) is 0.457. The third kappa shape index (κ3) is 5.19. The van der Waals surface area contributed by atoms with Gasteiger partial charge in [-0.05, 0) is 86.7 Å². The van der Waals surface area contributed by atoms with E-state index >= 15 is 0 Å². The van der Waals surface area contributed by atoms with Gasteiger partial charge in [0.25, 0.3) is 11.8 Å². The van der Waals surface area contributed by atoms with Crippen molar-refractivity contribution in [1.29, 1.82) is 0 Å². The van der Waals surface area contributed by atoms with Gasteiger partial charge in [0.2, 0.25) is 5.43 Å². The Kier molecular flexibility index (Phi) is 7.66. The molecule has 1 aliphatic rings. The Morgan fingerprint density at radius 2 is 1.52 bits per heavy atom. The van der Waals surface area contributed by atoms with Crippen molar-refractivity contribution >= 4 is 34.5 Å². The van der Waals surface area contributed by atoms with Crippen LogP contribution in [0.3, 0.4) is 0 Å². The molecule has 8 nitrogen and oxygen atoms in total. The van der Waals surface area contributed by atoms with Gasteiger partial charge in [-0.1, -0.05) is 42.5 Å². The van der Waals surface area contributed by atoms with Crippen molar-refractivity contribution < 1.29 is 19.1 Å². The second kappa shape index (κ2) is 11.7. The summed E-state index contributed by atoms with van der Waals surface area (Å²) in [6, 6.07) is 23.0. The number of benzene rings is 3. The van der Waals surface area contributed by atoms with Gasteiger partial charge in [-0.25, -0.2) is 14.7 Å². The molecule has 1 fully saturated rings. The summed E-state index contributed by atoms with van der Waals surface area (Å²) < 4.78 is 7.18. The second-order valence-electron chi connectivity index (χ2n) is 10.9. The van der Waals surface area contributed by atoms with Crippen LogP contribution in [0.15, 0.2) is 96.1 Å². The zero-order valence-electron chi connectivity index (χ0n) is 24.7. The van der Waals surface area contributed by atoms with Gasteiger partial charge in [-0.15, -0.1) is 0 Å². The highest BCUT2D eigenvalue weighted by Crippen LogP contribution is 2.39. The molecule has 3 aromatic carbocycles. The molecule has 0 spiro atoms. The number of rotatable bonds is 7. The van der Waals surface area contributed by atoms with E-state index in [-0.39, 0.29) is 29.5 Å². The fraction of sp³-hybridized carbons (Fsp3) is 0.194. The van der Waals surface area contributed by atoms with E-state index in [1.807, 2.05) is 42.7 Å². The van der Waals surface area contributed by atoms with E-state index in [2.05, 4.69) is 4.98 Å². The maximum absolute atomic E-state index is 13.7. The fourth-order valence-electron chi connectivity index (χ4n) is 5.58. The van der Waals surface area contributed by atoms with Gasteiger partial charge in [-0.2, -0.15) is 0 Å². The average molecular weight is 586 g/mol. The van der Waals surface area contributed by atoms with Crippen LogP contribution < -0.4 is 10.3 Å². The third-order valence-electron chi connectivity index (χ3n) is 7.90. The van der Waals surface area contributed by atoms with E-state index in [9.17, 15) is 19.2 Å². The van der Waals surface area contributed by atoms with Crippen LogP contribution in [-0.4, -0.2) is 33.9 Å². The van der Waals surface area contributed by atoms with Crippen molar-refractivity contribution in [2.75, 3.05) is 11.5 Å². The summed E-state index contributed by atoms with van der Waals surface area (Å²) in [4.78, 5) is 59.2. The third-order valence-corrected chi connectivity index (χ3v) is 7.90. The van der Waals surface area contributed by atoms with Crippen LogP contribution in [0, 0.1) is 13.8 Å². The maximum Gasteiger partial charge on any atom is 0.343 e. The van der Waals surface area contributed by atoms with Crippen LogP contribution in [0.5, 0.6) is 0 Å². The topological polar surface area (TPSA) is 98.6 Å². The Balaban J connectivity index is 1.46. The first-order valence-electron chi connectivity index (χ1n) is 14.6. The molecule has 44 heavy (non-hydrogen) atoms. The molecule has 0 radical (unpaired) electrons. The van der Waals surface area contributed by atoms with Gasteiger partial charge < -0.3 is 9.30 Å². The van der Waals surface area contributed by atoms with Crippen molar-refractivity contribution in [2.45, 2.75) is 39.7 Å². The summed E-state index contributed by atoms with van der Waals surface area (Å²) in [5.74, 6) is -1.33. The minimum Gasteiger partial charge on any atom is -0.462 e. The van der Waals surface area contributed by atoms with Crippen molar-refractivity contribution in [2.24, 2.45) is 0 Å². The van der Waals surface area contributed by atoms with Crippen molar-refractivity contribution in [3.8, 4) is 11.1 Å². The number of esters is 1. The van der Waals surface area contributed by atoms with Crippen molar-refractivity contribution in [1.82, 2.24) is 9.55 Å². The van der Waals surface area contributed by atoms with Crippen LogP contribution in [0.4, 0.5) is 5.82 Å². The molecular formula is C36H31N3O5. The van der Waals surface area contributed by atoms with E-state index in [1.54, 1.807) is 73.9 Å². The zero-order chi connectivity index (χ0) is 31.0. The van der Waals surface area contributed by atoms with E-state index in [0.29, 0.717) is 22.1 Å². The highest BCUT2D eigenvalue weighted by molar-refractivity contribution is 6.25. The molecule has 2 amide bonds. The standard InChI is InChI=1S/C36H31N3O5/c1-4-44-36(43)30-21-38(27-15-16-27)31-23(3)28(17-18-29(31)32(30)40)26-19-22(2)33(37-20-26)39(34(41)24-11-7-5-8-12-24)35(42)25-13-9-6-10-14-25/h5-14,17-21,27H,4,15-16H2,1-3H3. The number of hydrogen-bond acceptors (Lipinski definition) is 6. The number of ether oxygens (including phenoxy) is 1. The van der Waals surface area contributed by atoms with Gasteiger partial charge in [0.05, 0.1) is 12.1 Å². The summed E-state index contributed by atoms with van der Waals surface area (Å²) >= 11 is 0. The molecule has 0 unspecified atom stereocenters. The number of aryl methyl sites for hydroxylation is 2. The summed E-state index contributed by atoms with van der Waals surface area (Å²) in [7, 11) is 0. The van der Waals surface area contributed by atoms with E-state index in [0.717, 1.165) is 39.9 Å². The Morgan fingerprint density at radius 3 is 2.07 bits per heavy atom. The highest BCUT2D eigenvalue weighted by Gasteiger charge is 2.30. The molecule has 0 atom stereocenters. The number of carbonyl (C=O) groups is 3. The lowest BCUT2D eigenvalue weighted by atomic mass is 9.96. The number of amides is 2. The molecule has 2 aromatic heterocycles. The number of aromatic nitrogens is 2. The number of hydrogen-bond donors (Lipinski definition) is 0. The van der Waals surface area contributed by atoms with Crippen LogP contribution in [-0.2, 0) is 4.74 Å². The molecule has 0 bridgehead atoms. The molecule has 6 rings (SSSR count). The first-order valence-corrected chi connectivity index (χ1v) is 14.6. The maximum atomic E-state index is 13.7. The molecule has 1 saturated carbocycles. The lowest BCUT2D eigenvalue weighted by Crippen LogP contribution is -2.38. The van der Waals surface area contributed by atoms with E-state index < -0.39 is 17.8 Å². The molecule has 0 aliphatic heterocycles. The molecule has 1 aliphatic carbocycles. The van der Waals surface area contributed by atoms with Gasteiger partial charge in [0, 0.05) is 40.5 Å². The normalized spacial score (nSPS) is 12.6. The summed E-state index contributed by atoms with van der Waals surface area (Å²) in [5.41, 5.74) is 4.31. The first kappa shape index (κ1) is 28.7. The van der Waals surface area contributed by atoms with Crippen LogP contribution >= 0.6 is 0 Å². The summed E-state index contributed by atoms with van der Waals surface area (Å²) in [6.07, 6.45) is 5.19. The monoisotopic (exact) mass is 585 g/mol. The molecule has 220 valence electrons. The lowest BCUT2D eigenvalue weighted by Gasteiger charge is -2.23. The molecule has 2 heterocycles. The largest absolute Gasteiger partial charge is 0.462 e. The molecular weight excluding hydrogens is 554 g/mol. The fourth-order valence-corrected chi connectivity index (χ4v) is 5.58. The smallest absolute Gasteiger partial charge is 0.343 e. The quantitative estimate of drug-likeness (QED) is 0.156. The Labute approximate surface area is 254 Å². The molecule has 0 N–H and O–H groups in total. The van der Waals surface area contributed by atoms with E-state index in [4.69, 9.17) is 4.74 Å². The van der Waals surface area contributed by atoms with Crippen LogP contribution in [0.1, 0.15) is 68.0 Å². The minimum absolute atomic E-state index is 0.0338. The highest BCUT2D eigenvalue weighted by atomic mass is 16.5. The Hall–Kier alpha value is -5.37. The minimum atomic E-state index is -0.620. The van der Waals surface area contributed by atoms with Gasteiger partial charge in [-0.3, -0.25) is 14.4 Å². The first-order chi connectivity index (χ1) is 21.3. The van der Waals surface area contributed by atoms with Gasteiger partial charge in [0.1, 0.15) is 11.4 Å². The zero-order valence-corrected chi connectivity index (χ0v) is 24.7. The number of carbonyl (C=O) groups excluding carboxylic acids is 3. The predicted octanol–water partition coefficient (Wildman–Crippen LogP) is 6.68. The second-order valence-corrected chi connectivity index (χ2v) is 10.9. The lowest BCUT2D eigenvalue weighted by molar-refractivity contribution is 0.0523. The number of fused-ring (bicyclic) bond motifs is 1. The van der Waals surface area contributed by atoms with Crippen LogP contribution in [0.2, 0.25) is 0 Å². The Morgan fingerprint density at radius 1 is 0.909 bits per heavy atom. The number of pyridine rings is 2. The van der Waals surface area contributed by atoms with Crippen molar-refractivity contribution in [3.05, 3.63) is 129 Å². The number of nitrogens with zero attached hydrogens (tertiary/aromatic N) is 3. The molecule has 0 saturated heterocycles. The summed E-state index contributed by atoms with van der Waals surface area (Å²) in [6.45, 7) is 5.67.